The van der Waals surface area contributed by atoms with Crippen molar-refractivity contribution in [2.75, 3.05) is 42.5 Å². The third-order valence-corrected chi connectivity index (χ3v) is 3.76. The maximum absolute atomic E-state index is 4.43. The molecule has 18 heavy (non-hydrogen) atoms. The molecule has 2 aliphatic rings. The van der Waals surface area contributed by atoms with Crippen molar-refractivity contribution in [3.63, 3.8) is 0 Å². The van der Waals surface area contributed by atoms with Gasteiger partial charge in [-0.15, -0.1) is 0 Å². The third kappa shape index (κ3) is 2.41. The van der Waals surface area contributed by atoms with Gasteiger partial charge in [-0.1, -0.05) is 0 Å². The SMILES string of the molecule is C[C@@H]1CN(c2cc(N3CCCC3)ncn2)CCN1. The van der Waals surface area contributed by atoms with Crippen LogP contribution in [0.3, 0.4) is 0 Å². The first-order valence-corrected chi connectivity index (χ1v) is 6.88. The number of piperazine rings is 1. The van der Waals surface area contributed by atoms with Gasteiger partial charge in [-0.3, -0.25) is 0 Å². The molecular formula is C13H21N5. The van der Waals surface area contributed by atoms with Crippen molar-refractivity contribution < 1.29 is 0 Å². The minimum atomic E-state index is 0.531. The largest absolute Gasteiger partial charge is 0.356 e. The van der Waals surface area contributed by atoms with Crippen LogP contribution in [0.5, 0.6) is 0 Å². The zero-order valence-electron chi connectivity index (χ0n) is 11.0. The van der Waals surface area contributed by atoms with Crippen LogP contribution in [-0.4, -0.2) is 48.7 Å². The molecule has 98 valence electrons. The highest BCUT2D eigenvalue weighted by molar-refractivity contribution is 5.50. The number of nitrogens with one attached hydrogen (secondary N) is 1. The topological polar surface area (TPSA) is 44.3 Å². The quantitative estimate of drug-likeness (QED) is 0.840. The lowest BCUT2D eigenvalue weighted by Gasteiger charge is -2.33. The summed E-state index contributed by atoms with van der Waals surface area (Å²) in [5, 5.41) is 3.46. The van der Waals surface area contributed by atoms with Crippen LogP contribution in [0.25, 0.3) is 0 Å². The van der Waals surface area contributed by atoms with Gasteiger partial charge >= 0.3 is 0 Å². The van der Waals surface area contributed by atoms with E-state index in [2.05, 4.69) is 38.1 Å². The predicted molar refractivity (Wildman–Crippen MR) is 73.2 cm³/mol. The van der Waals surface area contributed by atoms with E-state index in [1.165, 1.54) is 12.8 Å². The van der Waals surface area contributed by atoms with Gasteiger partial charge in [0.1, 0.15) is 18.0 Å². The first kappa shape index (κ1) is 11.7. The highest BCUT2D eigenvalue weighted by Crippen LogP contribution is 2.21. The molecule has 1 aromatic heterocycles. The lowest BCUT2D eigenvalue weighted by molar-refractivity contribution is 0.482. The van der Waals surface area contributed by atoms with E-state index in [0.29, 0.717) is 6.04 Å². The van der Waals surface area contributed by atoms with Gasteiger partial charge in [0.05, 0.1) is 0 Å². The van der Waals surface area contributed by atoms with Gasteiger partial charge in [0.25, 0.3) is 0 Å². The summed E-state index contributed by atoms with van der Waals surface area (Å²) in [6.45, 7) is 7.57. The van der Waals surface area contributed by atoms with Crippen molar-refractivity contribution in [2.24, 2.45) is 0 Å². The molecule has 0 aliphatic carbocycles. The Morgan fingerprint density at radius 3 is 2.56 bits per heavy atom. The average Bonchev–Trinajstić information content (AvgIpc) is 2.93. The van der Waals surface area contributed by atoms with E-state index in [4.69, 9.17) is 0 Å². The Morgan fingerprint density at radius 2 is 1.83 bits per heavy atom. The maximum atomic E-state index is 4.43. The minimum absolute atomic E-state index is 0.531. The molecule has 1 atom stereocenters. The van der Waals surface area contributed by atoms with Crippen LogP contribution in [0.2, 0.25) is 0 Å². The standard InChI is InChI=1S/C13H21N5/c1-11-9-18(7-4-14-11)13-8-12(15-10-16-13)17-5-2-3-6-17/h8,10-11,14H,2-7,9H2,1H3/t11-/m1/s1. The minimum Gasteiger partial charge on any atom is -0.356 e. The summed E-state index contributed by atoms with van der Waals surface area (Å²) < 4.78 is 0. The van der Waals surface area contributed by atoms with Gasteiger partial charge in [-0.25, -0.2) is 9.97 Å². The van der Waals surface area contributed by atoms with Crippen molar-refractivity contribution in [1.29, 1.82) is 0 Å². The van der Waals surface area contributed by atoms with Crippen LogP contribution in [0, 0.1) is 0 Å². The van der Waals surface area contributed by atoms with Gasteiger partial charge in [0.15, 0.2) is 0 Å². The molecule has 1 N–H and O–H groups in total. The number of rotatable bonds is 2. The van der Waals surface area contributed by atoms with Crippen LogP contribution < -0.4 is 15.1 Å². The first-order valence-electron chi connectivity index (χ1n) is 6.88. The molecule has 5 nitrogen and oxygen atoms in total. The Hall–Kier alpha value is -1.36. The van der Waals surface area contributed by atoms with Gasteiger partial charge < -0.3 is 15.1 Å². The molecule has 5 heteroatoms. The van der Waals surface area contributed by atoms with Crippen molar-refractivity contribution in [2.45, 2.75) is 25.8 Å². The van der Waals surface area contributed by atoms with E-state index in [9.17, 15) is 0 Å². The van der Waals surface area contributed by atoms with Crippen LogP contribution in [0.15, 0.2) is 12.4 Å². The summed E-state index contributed by atoms with van der Waals surface area (Å²) in [6.07, 6.45) is 4.27. The molecule has 0 aromatic carbocycles. The highest BCUT2D eigenvalue weighted by atomic mass is 15.3. The maximum Gasteiger partial charge on any atom is 0.134 e. The zero-order valence-corrected chi connectivity index (χ0v) is 11.0. The Labute approximate surface area is 108 Å². The number of aromatic nitrogens is 2. The molecule has 1 aromatic rings. The van der Waals surface area contributed by atoms with Crippen LogP contribution in [0.1, 0.15) is 19.8 Å². The molecule has 3 heterocycles. The van der Waals surface area contributed by atoms with E-state index in [0.717, 1.165) is 44.4 Å². The molecule has 0 spiro atoms. The molecular weight excluding hydrogens is 226 g/mol. The fourth-order valence-corrected chi connectivity index (χ4v) is 2.77. The Kier molecular flexibility index (Phi) is 3.32. The van der Waals surface area contributed by atoms with E-state index in [-0.39, 0.29) is 0 Å². The number of nitrogens with zero attached hydrogens (tertiary/aromatic N) is 4. The second kappa shape index (κ2) is 5.10. The third-order valence-electron chi connectivity index (χ3n) is 3.76. The average molecular weight is 247 g/mol. The second-order valence-corrected chi connectivity index (χ2v) is 5.23. The lowest BCUT2D eigenvalue weighted by Crippen LogP contribution is -2.49. The molecule has 3 rings (SSSR count). The number of hydrogen-bond acceptors (Lipinski definition) is 5. The molecule has 2 saturated heterocycles. The van der Waals surface area contributed by atoms with Crippen molar-refractivity contribution in [3.05, 3.63) is 12.4 Å². The van der Waals surface area contributed by atoms with E-state index in [1.54, 1.807) is 6.33 Å². The van der Waals surface area contributed by atoms with E-state index in [1.807, 2.05) is 0 Å². The van der Waals surface area contributed by atoms with Crippen molar-refractivity contribution >= 4 is 11.6 Å². The second-order valence-electron chi connectivity index (χ2n) is 5.23. The molecule has 0 radical (unpaired) electrons. The van der Waals surface area contributed by atoms with Gasteiger partial charge in [0.2, 0.25) is 0 Å². The molecule has 0 saturated carbocycles. The monoisotopic (exact) mass is 247 g/mol. The number of hydrogen-bond donors (Lipinski definition) is 1. The van der Waals surface area contributed by atoms with Crippen LogP contribution in [0.4, 0.5) is 11.6 Å². The molecule has 0 unspecified atom stereocenters. The molecule has 2 fully saturated rings. The predicted octanol–water partition coefficient (Wildman–Crippen LogP) is 0.875. The molecule has 0 amide bonds. The smallest absolute Gasteiger partial charge is 0.134 e. The van der Waals surface area contributed by atoms with Crippen molar-refractivity contribution in [1.82, 2.24) is 15.3 Å². The molecule has 2 aliphatic heterocycles. The van der Waals surface area contributed by atoms with Crippen LogP contribution >= 0.6 is 0 Å². The number of anilines is 2. The van der Waals surface area contributed by atoms with Gasteiger partial charge in [0, 0.05) is 44.8 Å². The summed E-state index contributed by atoms with van der Waals surface area (Å²) >= 11 is 0. The Balaban J connectivity index is 1.77. The fourth-order valence-electron chi connectivity index (χ4n) is 2.77. The van der Waals surface area contributed by atoms with Gasteiger partial charge in [-0.05, 0) is 19.8 Å². The summed E-state index contributed by atoms with van der Waals surface area (Å²) in [6, 6.07) is 2.67. The summed E-state index contributed by atoms with van der Waals surface area (Å²) in [4.78, 5) is 13.5. The Morgan fingerprint density at radius 1 is 1.11 bits per heavy atom. The summed E-state index contributed by atoms with van der Waals surface area (Å²) in [5.41, 5.74) is 0. The normalized spacial score (nSPS) is 24.6. The lowest BCUT2D eigenvalue weighted by atomic mass is 10.2. The first-order chi connectivity index (χ1) is 8.83. The fraction of sp³-hybridized carbons (Fsp3) is 0.692. The zero-order chi connectivity index (χ0) is 12.4. The van der Waals surface area contributed by atoms with E-state index >= 15 is 0 Å². The highest BCUT2D eigenvalue weighted by Gasteiger charge is 2.19. The van der Waals surface area contributed by atoms with Crippen LogP contribution in [-0.2, 0) is 0 Å². The Bertz CT molecular complexity index is 402. The van der Waals surface area contributed by atoms with Gasteiger partial charge in [-0.2, -0.15) is 0 Å². The van der Waals surface area contributed by atoms with E-state index < -0.39 is 0 Å². The van der Waals surface area contributed by atoms with Crippen molar-refractivity contribution in [3.8, 4) is 0 Å². The summed E-state index contributed by atoms with van der Waals surface area (Å²) in [7, 11) is 0. The summed E-state index contributed by atoms with van der Waals surface area (Å²) in [5.74, 6) is 2.16. The molecule has 0 bridgehead atoms.